The van der Waals surface area contributed by atoms with Gasteiger partial charge in [0.05, 0.1) is 11.1 Å². The molecule has 0 fully saturated rings. The van der Waals surface area contributed by atoms with Crippen molar-refractivity contribution in [3.8, 4) is 0 Å². The smallest absolute Gasteiger partial charge is 0.313 e. The lowest BCUT2D eigenvalue weighted by atomic mass is 10.4. The Morgan fingerprint density at radius 1 is 1.44 bits per heavy atom. The first-order valence-corrected chi connectivity index (χ1v) is 5.53. The van der Waals surface area contributed by atoms with E-state index in [1.54, 1.807) is 0 Å². The van der Waals surface area contributed by atoms with Crippen molar-refractivity contribution < 1.29 is 4.92 Å². The van der Waals surface area contributed by atoms with Gasteiger partial charge in [-0.25, -0.2) is 4.79 Å². The first kappa shape index (κ1) is 14.1. The van der Waals surface area contributed by atoms with Gasteiger partial charge in [-0.15, -0.1) is 0 Å². The molecule has 8 heteroatoms. The van der Waals surface area contributed by atoms with E-state index in [0.717, 1.165) is 15.3 Å². The number of nitrogens with one attached hydrogen (secondary N) is 1. The van der Waals surface area contributed by atoms with Crippen LogP contribution in [0.3, 0.4) is 0 Å². The zero-order chi connectivity index (χ0) is 13.9. The standard InChI is InChI=1S/C10H16N4O4/c1-7(2)11-4-5-13-9(15)8(14(17)18)6-12(3)10(13)16/h6-7,11H,4-5H2,1-3H3. The first-order chi connectivity index (χ1) is 8.34. The highest BCUT2D eigenvalue weighted by atomic mass is 16.6. The van der Waals surface area contributed by atoms with Crippen LogP contribution >= 0.6 is 0 Å². The summed E-state index contributed by atoms with van der Waals surface area (Å²) >= 11 is 0. The van der Waals surface area contributed by atoms with E-state index in [2.05, 4.69) is 5.32 Å². The highest BCUT2D eigenvalue weighted by molar-refractivity contribution is 5.21. The van der Waals surface area contributed by atoms with E-state index in [1.165, 1.54) is 7.05 Å². The van der Waals surface area contributed by atoms with Crippen LogP contribution in [0.1, 0.15) is 13.8 Å². The molecule has 8 nitrogen and oxygen atoms in total. The SMILES string of the molecule is CC(C)NCCn1c(=O)c([N+](=O)[O-])cn(C)c1=O. The maximum absolute atomic E-state index is 11.7. The van der Waals surface area contributed by atoms with Crippen molar-refractivity contribution >= 4 is 5.69 Å². The van der Waals surface area contributed by atoms with E-state index < -0.39 is 21.9 Å². The van der Waals surface area contributed by atoms with Gasteiger partial charge in [-0.05, 0) is 0 Å². The third kappa shape index (κ3) is 3.04. The fourth-order valence-corrected chi connectivity index (χ4v) is 1.50. The molecule has 0 atom stereocenters. The Morgan fingerprint density at radius 2 is 2.06 bits per heavy atom. The molecule has 0 bridgehead atoms. The second-order valence-electron chi connectivity index (χ2n) is 4.23. The normalized spacial score (nSPS) is 10.9. The molecular weight excluding hydrogens is 240 g/mol. The van der Waals surface area contributed by atoms with Gasteiger partial charge in [-0.3, -0.25) is 24.0 Å². The quantitative estimate of drug-likeness (QED) is 0.563. The number of nitro groups is 1. The van der Waals surface area contributed by atoms with Crippen LogP contribution in [0, 0.1) is 10.1 Å². The lowest BCUT2D eigenvalue weighted by Crippen LogP contribution is -2.42. The molecule has 0 aromatic carbocycles. The minimum atomic E-state index is -0.867. The number of nitrogens with zero attached hydrogens (tertiary/aromatic N) is 3. The molecule has 1 aromatic rings. The zero-order valence-corrected chi connectivity index (χ0v) is 10.5. The fourth-order valence-electron chi connectivity index (χ4n) is 1.50. The number of rotatable bonds is 5. The summed E-state index contributed by atoms with van der Waals surface area (Å²) in [4.78, 5) is 33.4. The first-order valence-electron chi connectivity index (χ1n) is 5.53. The van der Waals surface area contributed by atoms with Gasteiger partial charge < -0.3 is 5.32 Å². The van der Waals surface area contributed by atoms with Gasteiger partial charge >= 0.3 is 16.9 Å². The highest BCUT2D eigenvalue weighted by Gasteiger charge is 2.18. The van der Waals surface area contributed by atoms with Crippen molar-refractivity contribution in [2.75, 3.05) is 6.54 Å². The van der Waals surface area contributed by atoms with Gasteiger partial charge in [0, 0.05) is 26.2 Å². The number of aromatic nitrogens is 2. The lowest BCUT2D eigenvalue weighted by Gasteiger charge is -2.09. The molecule has 1 rings (SSSR count). The van der Waals surface area contributed by atoms with Crippen LogP contribution in [-0.2, 0) is 13.6 Å². The van der Waals surface area contributed by atoms with E-state index >= 15 is 0 Å². The predicted octanol–water partition coefficient (Wildman–Crippen LogP) is -0.547. The molecule has 1 heterocycles. The van der Waals surface area contributed by atoms with Crippen molar-refractivity contribution in [2.24, 2.45) is 7.05 Å². The maximum atomic E-state index is 11.7. The summed E-state index contributed by atoms with van der Waals surface area (Å²) in [7, 11) is 1.38. The molecule has 0 radical (unpaired) electrons. The molecule has 0 aliphatic carbocycles. The van der Waals surface area contributed by atoms with Crippen molar-refractivity contribution in [3.05, 3.63) is 37.1 Å². The van der Waals surface area contributed by atoms with E-state index in [1.807, 2.05) is 13.8 Å². The number of aryl methyl sites for hydroxylation is 1. The molecule has 0 saturated carbocycles. The summed E-state index contributed by atoms with van der Waals surface area (Å²) < 4.78 is 1.91. The molecule has 1 aromatic heterocycles. The summed E-state index contributed by atoms with van der Waals surface area (Å²) in [6, 6.07) is 0.211. The van der Waals surface area contributed by atoms with E-state index in [9.17, 15) is 19.7 Å². The zero-order valence-electron chi connectivity index (χ0n) is 10.5. The summed E-state index contributed by atoms with van der Waals surface area (Å²) in [6.45, 7) is 4.35. The third-order valence-electron chi connectivity index (χ3n) is 2.40. The van der Waals surface area contributed by atoms with Crippen LogP contribution in [0.2, 0.25) is 0 Å². The van der Waals surface area contributed by atoms with Gasteiger partial charge in [0.2, 0.25) is 0 Å². The summed E-state index contributed by atoms with van der Waals surface area (Å²) in [5, 5.41) is 13.7. The summed E-state index contributed by atoms with van der Waals surface area (Å²) in [6.07, 6.45) is 0.942. The largest absolute Gasteiger partial charge is 0.350 e. The minimum Gasteiger partial charge on any atom is -0.313 e. The Labute approximate surface area is 103 Å². The van der Waals surface area contributed by atoms with Crippen LogP contribution in [0.4, 0.5) is 5.69 Å². The molecule has 0 amide bonds. The van der Waals surface area contributed by atoms with Crippen LogP contribution in [-0.4, -0.2) is 26.6 Å². The predicted molar refractivity (Wildman–Crippen MR) is 65.7 cm³/mol. The molecule has 0 aliphatic rings. The molecule has 18 heavy (non-hydrogen) atoms. The van der Waals surface area contributed by atoms with Crippen LogP contribution in [0.15, 0.2) is 15.8 Å². The molecule has 0 aliphatic heterocycles. The number of hydrogen-bond donors (Lipinski definition) is 1. The van der Waals surface area contributed by atoms with E-state index in [-0.39, 0.29) is 12.6 Å². The van der Waals surface area contributed by atoms with Crippen molar-refractivity contribution in [1.82, 2.24) is 14.5 Å². The van der Waals surface area contributed by atoms with Gasteiger partial charge in [0.25, 0.3) is 0 Å². The lowest BCUT2D eigenvalue weighted by molar-refractivity contribution is -0.387. The Morgan fingerprint density at radius 3 is 2.56 bits per heavy atom. The average molecular weight is 256 g/mol. The van der Waals surface area contributed by atoms with E-state index in [4.69, 9.17) is 0 Å². The number of hydrogen-bond acceptors (Lipinski definition) is 5. The van der Waals surface area contributed by atoms with Gasteiger partial charge in [-0.2, -0.15) is 0 Å². The van der Waals surface area contributed by atoms with Gasteiger partial charge in [0.1, 0.15) is 0 Å². The highest BCUT2D eigenvalue weighted by Crippen LogP contribution is 1.98. The molecule has 0 spiro atoms. The summed E-state index contributed by atoms with van der Waals surface area (Å²) in [5.41, 5.74) is -2.02. The Bertz CT molecular complexity index is 558. The summed E-state index contributed by atoms with van der Waals surface area (Å²) in [5.74, 6) is 0. The third-order valence-corrected chi connectivity index (χ3v) is 2.40. The van der Waals surface area contributed by atoms with Crippen LogP contribution < -0.4 is 16.6 Å². The van der Waals surface area contributed by atoms with Crippen molar-refractivity contribution in [3.63, 3.8) is 0 Å². The Kier molecular flexibility index (Phi) is 4.38. The second kappa shape index (κ2) is 5.58. The second-order valence-corrected chi connectivity index (χ2v) is 4.23. The minimum absolute atomic E-state index is 0.103. The molecule has 100 valence electrons. The molecular formula is C10H16N4O4. The monoisotopic (exact) mass is 256 g/mol. The van der Waals surface area contributed by atoms with Crippen molar-refractivity contribution in [1.29, 1.82) is 0 Å². The Balaban J connectivity index is 3.14. The van der Waals surface area contributed by atoms with Crippen LogP contribution in [0.5, 0.6) is 0 Å². The maximum Gasteiger partial charge on any atom is 0.350 e. The average Bonchev–Trinajstić information content (AvgIpc) is 2.27. The molecule has 1 N–H and O–H groups in total. The molecule has 0 saturated heterocycles. The van der Waals surface area contributed by atoms with Crippen molar-refractivity contribution in [2.45, 2.75) is 26.4 Å². The fraction of sp³-hybridized carbons (Fsp3) is 0.600. The van der Waals surface area contributed by atoms with Crippen LogP contribution in [0.25, 0.3) is 0 Å². The van der Waals surface area contributed by atoms with Gasteiger partial charge in [0.15, 0.2) is 0 Å². The Hall–Kier alpha value is -1.96. The molecule has 0 unspecified atom stereocenters. The topological polar surface area (TPSA) is 99.2 Å². The van der Waals surface area contributed by atoms with E-state index in [0.29, 0.717) is 6.54 Å². The van der Waals surface area contributed by atoms with Gasteiger partial charge in [-0.1, -0.05) is 13.8 Å².